The van der Waals surface area contributed by atoms with Gasteiger partial charge >= 0.3 is 0 Å². The van der Waals surface area contributed by atoms with Crippen molar-refractivity contribution in [2.45, 2.75) is 25.2 Å². The highest BCUT2D eigenvalue weighted by molar-refractivity contribution is 7.92. The van der Waals surface area contributed by atoms with Crippen LogP contribution in [0.25, 0.3) is 0 Å². The van der Waals surface area contributed by atoms with Gasteiger partial charge in [-0.2, -0.15) is 8.42 Å². The average Bonchev–Trinajstić information content (AvgIpc) is 2.81. The number of sulfonamides is 1. The third-order valence-electron chi connectivity index (χ3n) is 2.52. The van der Waals surface area contributed by atoms with Gasteiger partial charge in [0.15, 0.2) is 0 Å². The number of nitrogens with zero attached hydrogens (tertiary/aromatic N) is 3. The summed E-state index contributed by atoms with van der Waals surface area (Å²) in [5, 5.41) is 7.07. The van der Waals surface area contributed by atoms with E-state index in [0.29, 0.717) is 5.92 Å². The summed E-state index contributed by atoms with van der Waals surface area (Å²) in [6.45, 7) is 4.25. The van der Waals surface area contributed by atoms with Gasteiger partial charge in [0.2, 0.25) is 0 Å². The number of aromatic nitrogens is 3. The Morgan fingerprint density at radius 3 is 2.26 bits per heavy atom. The molecule has 0 atom stereocenters. The van der Waals surface area contributed by atoms with Crippen LogP contribution in [-0.2, 0) is 16.4 Å². The van der Waals surface area contributed by atoms with Crippen LogP contribution in [0.5, 0.6) is 0 Å². The van der Waals surface area contributed by atoms with Gasteiger partial charge in [0.05, 0.1) is 4.90 Å². The molecular weight excluding hydrogens is 264 g/mol. The Kier molecular flexibility index (Phi) is 3.84. The van der Waals surface area contributed by atoms with E-state index < -0.39 is 10.0 Å². The summed E-state index contributed by atoms with van der Waals surface area (Å²) in [6.07, 6.45) is 3.49. The van der Waals surface area contributed by atoms with Crippen LogP contribution in [0, 0.1) is 5.92 Å². The molecule has 2 aromatic rings. The van der Waals surface area contributed by atoms with E-state index in [2.05, 4.69) is 28.9 Å². The molecule has 0 bridgehead atoms. The predicted octanol–water partition coefficient (Wildman–Crippen LogP) is 1.41. The Morgan fingerprint density at radius 2 is 1.74 bits per heavy atom. The van der Waals surface area contributed by atoms with Crippen LogP contribution in [-0.4, -0.2) is 23.3 Å². The van der Waals surface area contributed by atoms with Crippen molar-refractivity contribution in [3.05, 3.63) is 42.5 Å². The van der Waals surface area contributed by atoms with E-state index in [1.165, 1.54) is 17.3 Å². The minimum atomic E-state index is -3.60. The maximum atomic E-state index is 12.0. The van der Waals surface area contributed by atoms with Crippen molar-refractivity contribution in [1.82, 2.24) is 14.9 Å². The molecule has 102 valence electrons. The molecule has 0 unspecified atom stereocenters. The number of hydrogen-bond acceptors (Lipinski definition) is 4. The third kappa shape index (κ3) is 3.54. The SMILES string of the molecule is CC(C)Cc1ccc(S(=O)(=O)Nn2cnnc2)cc1. The lowest BCUT2D eigenvalue weighted by atomic mass is 10.0. The lowest BCUT2D eigenvalue weighted by molar-refractivity contribution is 0.595. The van der Waals surface area contributed by atoms with E-state index >= 15 is 0 Å². The molecule has 0 aliphatic carbocycles. The van der Waals surface area contributed by atoms with Crippen molar-refractivity contribution in [1.29, 1.82) is 0 Å². The standard InChI is InChI=1S/C12H16N4O2S/c1-10(2)7-11-3-5-12(6-4-11)19(17,18)15-16-8-13-14-9-16/h3-6,8-10,15H,7H2,1-2H3. The average molecular weight is 280 g/mol. The number of nitrogens with one attached hydrogen (secondary N) is 1. The first-order valence-electron chi connectivity index (χ1n) is 5.94. The minimum Gasteiger partial charge on any atom is -0.221 e. The maximum Gasteiger partial charge on any atom is 0.275 e. The third-order valence-corrected chi connectivity index (χ3v) is 3.87. The van der Waals surface area contributed by atoms with Crippen molar-refractivity contribution >= 4 is 10.0 Å². The van der Waals surface area contributed by atoms with Crippen LogP contribution in [0.1, 0.15) is 19.4 Å². The van der Waals surface area contributed by atoms with E-state index in [9.17, 15) is 8.42 Å². The van der Waals surface area contributed by atoms with Crippen LogP contribution in [0.3, 0.4) is 0 Å². The first-order chi connectivity index (χ1) is 8.97. The summed E-state index contributed by atoms with van der Waals surface area (Å²) in [7, 11) is -3.60. The topological polar surface area (TPSA) is 76.9 Å². The Morgan fingerprint density at radius 1 is 1.16 bits per heavy atom. The van der Waals surface area contributed by atoms with Crippen molar-refractivity contribution in [2.75, 3.05) is 4.83 Å². The lowest BCUT2D eigenvalue weighted by Gasteiger charge is -2.09. The zero-order valence-electron chi connectivity index (χ0n) is 10.8. The molecule has 0 aliphatic rings. The van der Waals surface area contributed by atoms with Crippen molar-refractivity contribution in [3.63, 3.8) is 0 Å². The number of benzene rings is 1. The maximum absolute atomic E-state index is 12.0. The second-order valence-corrected chi connectivity index (χ2v) is 6.37. The van der Waals surface area contributed by atoms with Gasteiger partial charge in [-0.05, 0) is 30.0 Å². The van der Waals surface area contributed by atoms with Crippen LogP contribution in [0.15, 0.2) is 41.8 Å². The Hall–Kier alpha value is -1.89. The van der Waals surface area contributed by atoms with Crippen LogP contribution in [0.2, 0.25) is 0 Å². The van der Waals surface area contributed by atoms with Gasteiger partial charge in [-0.1, -0.05) is 26.0 Å². The second kappa shape index (κ2) is 5.40. The predicted molar refractivity (Wildman–Crippen MR) is 71.6 cm³/mol. The second-order valence-electron chi connectivity index (χ2n) is 4.71. The molecule has 7 heteroatoms. The van der Waals surface area contributed by atoms with Crippen LogP contribution < -0.4 is 4.83 Å². The molecule has 0 saturated heterocycles. The molecule has 2 rings (SSSR count). The van der Waals surface area contributed by atoms with Gasteiger partial charge in [0, 0.05) is 0 Å². The monoisotopic (exact) mass is 280 g/mol. The van der Waals surface area contributed by atoms with E-state index in [4.69, 9.17) is 0 Å². The summed E-state index contributed by atoms with van der Waals surface area (Å²) in [5.74, 6) is 0.539. The number of rotatable bonds is 5. The van der Waals surface area contributed by atoms with Gasteiger partial charge < -0.3 is 0 Å². The summed E-state index contributed by atoms with van der Waals surface area (Å²) < 4.78 is 25.3. The Bertz CT molecular complexity index is 618. The smallest absolute Gasteiger partial charge is 0.221 e. The van der Waals surface area contributed by atoms with E-state index in [-0.39, 0.29) is 4.90 Å². The molecule has 1 heterocycles. The highest BCUT2D eigenvalue weighted by Crippen LogP contribution is 2.14. The van der Waals surface area contributed by atoms with Gasteiger partial charge in [-0.25, -0.2) is 9.51 Å². The normalized spacial score (nSPS) is 11.7. The fourth-order valence-electron chi connectivity index (χ4n) is 1.72. The molecule has 1 aromatic heterocycles. The van der Waals surface area contributed by atoms with E-state index in [1.807, 2.05) is 12.1 Å². The van der Waals surface area contributed by atoms with Gasteiger partial charge in [0.25, 0.3) is 10.0 Å². The molecule has 0 saturated carbocycles. The fraction of sp³-hybridized carbons (Fsp3) is 0.333. The summed E-state index contributed by atoms with van der Waals surface area (Å²) in [4.78, 5) is 2.56. The summed E-state index contributed by atoms with van der Waals surface area (Å²) in [6, 6.07) is 6.87. The van der Waals surface area contributed by atoms with Crippen LogP contribution in [0.4, 0.5) is 0 Å². The fourth-order valence-corrected chi connectivity index (χ4v) is 2.69. The summed E-state index contributed by atoms with van der Waals surface area (Å²) in [5.41, 5.74) is 1.12. The Labute approximate surface area is 112 Å². The quantitative estimate of drug-likeness (QED) is 0.898. The van der Waals surface area contributed by atoms with E-state index in [0.717, 1.165) is 12.0 Å². The molecular formula is C12H16N4O2S. The molecule has 1 aromatic carbocycles. The minimum absolute atomic E-state index is 0.216. The molecule has 19 heavy (non-hydrogen) atoms. The first-order valence-corrected chi connectivity index (χ1v) is 7.42. The van der Waals surface area contributed by atoms with Gasteiger partial charge in [0.1, 0.15) is 12.7 Å². The largest absolute Gasteiger partial charge is 0.275 e. The molecule has 0 aliphatic heterocycles. The summed E-state index contributed by atoms with van der Waals surface area (Å²) >= 11 is 0. The molecule has 6 nitrogen and oxygen atoms in total. The molecule has 0 spiro atoms. The lowest BCUT2D eigenvalue weighted by Crippen LogP contribution is -2.21. The number of hydrogen-bond donors (Lipinski definition) is 1. The molecule has 0 radical (unpaired) electrons. The Balaban J connectivity index is 2.17. The molecule has 0 fully saturated rings. The van der Waals surface area contributed by atoms with Crippen molar-refractivity contribution in [3.8, 4) is 0 Å². The first kappa shape index (κ1) is 13.5. The van der Waals surface area contributed by atoms with Crippen molar-refractivity contribution < 1.29 is 8.42 Å². The van der Waals surface area contributed by atoms with Crippen LogP contribution >= 0.6 is 0 Å². The zero-order chi connectivity index (χ0) is 13.9. The molecule has 1 N–H and O–H groups in total. The highest BCUT2D eigenvalue weighted by Gasteiger charge is 2.14. The van der Waals surface area contributed by atoms with Gasteiger partial charge in [-0.3, -0.25) is 0 Å². The van der Waals surface area contributed by atoms with E-state index in [1.54, 1.807) is 12.1 Å². The zero-order valence-corrected chi connectivity index (χ0v) is 11.6. The van der Waals surface area contributed by atoms with Gasteiger partial charge in [-0.15, -0.1) is 10.2 Å². The molecule has 0 amide bonds. The van der Waals surface area contributed by atoms with Crippen molar-refractivity contribution in [2.24, 2.45) is 5.92 Å². The highest BCUT2D eigenvalue weighted by atomic mass is 32.2.